The van der Waals surface area contributed by atoms with Gasteiger partial charge in [-0.25, -0.2) is 0 Å². The van der Waals surface area contributed by atoms with Crippen molar-refractivity contribution >= 4 is 46.4 Å². The van der Waals surface area contributed by atoms with E-state index in [0.717, 1.165) is 0 Å². The van der Waals surface area contributed by atoms with Crippen molar-refractivity contribution in [1.82, 2.24) is 0 Å². The third kappa shape index (κ3) is 3.21. The van der Waals surface area contributed by atoms with E-state index in [1.165, 1.54) is 0 Å². The number of alkyl halides is 1. The van der Waals surface area contributed by atoms with Crippen LogP contribution in [0.5, 0.6) is 0 Å². The van der Waals surface area contributed by atoms with Gasteiger partial charge in [-0.15, -0.1) is 11.6 Å². The van der Waals surface area contributed by atoms with Crippen molar-refractivity contribution < 1.29 is 4.79 Å². The monoisotopic (exact) mass is 313 g/mol. The zero-order valence-electron chi connectivity index (χ0n) is 9.79. The van der Waals surface area contributed by atoms with E-state index in [1.807, 2.05) is 18.2 Å². The Hall–Kier alpha value is -1.22. The molecule has 5 heteroatoms. The summed E-state index contributed by atoms with van der Waals surface area (Å²) in [5.41, 5.74) is 1.72. The maximum Gasteiger partial charge on any atom is 0.257 e. The summed E-state index contributed by atoms with van der Waals surface area (Å²) in [6.45, 7) is 0. The molecule has 2 aromatic carbocycles. The number of amides is 1. The number of anilines is 1. The zero-order valence-corrected chi connectivity index (χ0v) is 12.1. The predicted molar refractivity (Wildman–Crippen MR) is 80.4 cm³/mol. The largest absolute Gasteiger partial charge is 0.322 e. The molecule has 2 nitrogen and oxygen atoms in total. The lowest BCUT2D eigenvalue weighted by atomic mass is 10.1. The molecule has 19 heavy (non-hydrogen) atoms. The summed E-state index contributed by atoms with van der Waals surface area (Å²) in [7, 11) is 0. The molecule has 0 saturated heterocycles. The van der Waals surface area contributed by atoms with Crippen LogP contribution in [0.4, 0.5) is 5.69 Å². The Morgan fingerprint density at radius 2 is 1.68 bits per heavy atom. The van der Waals surface area contributed by atoms with Gasteiger partial charge in [0.2, 0.25) is 0 Å². The maximum absolute atomic E-state index is 12.1. The van der Waals surface area contributed by atoms with Crippen molar-refractivity contribution in [3.8, 4) is 0 Å². The van der Waals surface area contributed by atoms with Gasteiger partial charge in [0.25, 0.3) is 5.91 Å². The normalized spacial score (nSPS) is 10.3. The molecular formula is C14H10Cl3NO. The van der Waals surface area contributed by atoms with Gasteiger partial charge >= 0.3 is 0 Å². The van der Waals surface area contributed by atoms with Gasteiger partial charge in [-0.3, -0.25) is 4.79 Å². The molecule has 0 atom stereocenters. The SMILES string of the molecule is O=C(Nc1ccccc1)c1ccc(CCl)c(Cl)c1Cl. The lowest BCUT2D eigenvalue weighted by molar-refractivity contribution is 0.102. The first-order valence-electron chi connectivity index (χ1n) is 5.52. The lowest BCUT2D eigenvalue weighted by Gasteiger charge is -2.09. The molecule has 0 saturated carbocycles. The first-order valence-corrected chi connectivity index (χ1v) is 6.81. The van der Waals surface area contributed by atoms with Crippen LogP contribution < -0.4 is 5.32 Å². The molecule has 1 amide bonds. The van der Waals surface area contributed by atoms with Crippen molar-refractivity contribution in [2.45, 2.75) is 5.88 Å². The highest BCUT2D eigenvalue weighted by Crippen LogP contribution is 2.31. The Bertz CT molecular complexity index is 599. The van der Waals surface area contributed by atoms with Gasteiger partial charge in [-0.05, 0) is 23.8 Å². The third-order valence-corrected chi connectivity index (χ3v) is 3.79. The number of carbonyl (C=O) groups is 1. The van der Waals surface area contributed by atoms with E-state index in [0.29, 0.717) is 21.8 Å². The van der Waals surface area contributed by atoms with Gasteiger partial charge in [0.15, 0.2) is 0 Å². The van der Waals surface area contributed by atoms with Gasteiger partial charge in [-0.1, -0.05) is 47.5 Å². The molecule has 98 valence electrons. The number of rotatable bonds is 3. The zero-order chi connectivity index (χ0) is 13.8. The summed E-state index contributed by atoms with van der Waals surface area (Å²) in [5.74, 6) is -0.0571. The third-order valence-electron chi connectivity index (χ3n) is 2.58. The van der Waals surface area contributed by atoms with Crippen LogP contribution in [-0.2, 0) is 5.88 Å². The number of nitrogens with one attached hydrogen (secondary N) is 1. The smallest absolute Gasteiger partial charge is 0.257 e. The molecule has 0 bridgehead atoms. The second-order valence-corrected chi connectivity index (χ2v) is 4.88. The molecule has 2 aromatic rings. The van der Waals surface area contributed by atoms with E-state index >= 15 is 0 Å². The Labute approximate surface area is 126 Å². The van der Waals surface area contributed by atoms with Crippen molar-refractivity contribution in [3.05, 3.63) is 63.6 Å². The number of benzene rings is 2. The van der Waals surface area contributed by atoms with Gasteiger partial charge in [0.05, 0.1) is 15.6 Å². The number of hydrogen-bond acceptors (Lipinski definition) is 1. The fourth-order valence-corrected chi connectivity index (χ4v) is 2.38. The van der Waals surface area contributed by atoms with E-state index in [1.54, 1.807) is 24.3 Å². The number of para-hydroxylation sites is 1. The van der Waals surface area contributed by atoms with Gasteiger partial charge in [0.1, 0.15) is 0 Å². The first-order chi connectivity index (χ1) is 9.13. The molecule has 0 aromatic heterocycles. The molecule has 0 spiro atoms. The lowest BCUT2D eigenvalue weighted by Crippen LogP contribution is -2.12. The number of hydrogen-bond donors (Lipinski definition) is 1. The fourth-order valence-electron chi connectivity index (χ4n) is 1.59. The van der Waals surface area contributed by atoms with Crippen LogP contribution in [-0.4, -0.2) is 5.91 Å². The quantitative estimate of drug-likeness (QED) is 0.795. The topological polar surface area (TPSA) is 29.1 Å². The van der Waals surface area contributed by atoms with E-state index < -0.39 is 0 Å². The molecule has 0 aliphatic carbocycles. The van der Waals surface area contributed by atoms with E-state index in [4.69, 9.17) is 34.8 Å². The van der Waals surface area contributed by atoms with Crippen molar-refractivity contribution in [2.24, 2.45) is 0 Å². The highest BCUT2D eigenvalue weighted by atomic mass is 35.5. The summed E-state index contributed by atoms with van der Waals surface area (Å²) in [5, 5.41) is 3.28. The van der Waals surface area contributed by atoms with Crippen LogP contribution in [0.1, 0.15) is 15.9 Å². The van der Waals surface area contributed by atoms with Gasteiger partial charge in [-0.2, -0.15) is 0 Å². The first kappa shape index (κ1) is 14.2. The van der Waals surface area contributed by atoms with Crippen LogP contribution in [0.3, 0.4) is 0 Å². The van der Waals surface area contributed by atoms with E-state index in [9.17, 15) is 4.79 Å². The minimum Gasteiger partial charge on any atom is -0.322 e. The highest BCUT2D eigenvalue weighted by Gasteiger charge is 2.15. The summed E-state index contributed by atoms with van der Waals surface area (Å²) in [4.78, 5) is 12.1. The Balaban J connectivity index is 2.27. The summed E-state index contributed by atoms with van der Waals surface area (Å²) in [6.07, 6.45) is 0. The Morgan fingerprint density at radius 3 is 2.32 bits per heavy atom. The molecule has 0 aliphatic rings. The molecule has 0 aliphatic heterocycles. The number of halogens is 3. The second kappa shape index (κ2) is 6.29. The molecule has 0 fully saturated rings. The van der Waals surface area contributed by atoms with E-state index in [2.05, 4.69) is 5.32 Å². The standard InChI is InChI=1S/C14H10Cl3NO/c15-8-9-6-7-11(13(17)12(9)16)14(19)18-10-4-2-1-3-5-10/h1-7H,8H2,(H,18,19). The minimum absolute atomic E-state index is 0.216. The van der Waals surface area contributed by atoms with E-state index in [-0.39, 0.29) is 16.8 Å². The fraction of sp³-hybridized carbons (Fsp3) is 0.0714. The van der Waals surface area contributed by atoms with Crippen molar-refractivity contribution in [3.63, 3.8) is 0 Å². The van der Waals surface area contributed by atoms with Gasteiger partial charge < -0.3 is 5.32 Å². The van der Waals surface area contributed by atoms with Crippen LogP contribution in [0.2, 0.25) is 10.0 Å². The Kier molecular flexibility index (Phi) is 4.70. The van der Waals surface area contributed by atoms with Gasteiger partial charge in [0, 0.05) is 11.6 Å². The molecule has 1 N–H and O–H groups in total. The average molecular weight is 315 g/mol. The molecule has 0 radical (unpaired) electrons. The van der Waals surface area contributed by atoms with Crippen molar-refractivity contribution in [1.29, 1.82) is 0 Å². The van der Waals surface area contributed by atoms with Crippen LogP contribution in [0, 0.1) is 0 Å². The minimum atomic E-state index is -0.306. The predicted octanol–water partition coefficient (Wildman–Crippen LogP) is 4.98. The van der Waals surface area contributed by atoms with Crippen LogP contribution in [0.25, 0.3) is 0 Å². The maximum atomic E-state index is 12.1. The summed E-state index contributed by atoms with van der Waals surface area (Å²) < 4.78 is 0. The van der Waals surface area contributed by atoms with Crippen LogP contribution in [0.15, 0.2) is 42.5 Å². The Morgan fingerprint density at radius 1 is 1.00 bits per heavy atom. The molecular weight excluding hydrogens is 305 g/mol. The second-order valence-electron chi connectivity index (χ2n) is 3.85. The van der Waals surface area contributed by atoms with Crippen molar-refractivity contribution in [2.75, 3.05) is 5.32 Å². The average Bonchev–Trinajstić information content (AvgIpc) is 2.42. The number of carbonyl (C=O) groups excluding carboxylic acids is 1. The van der Waals surface area contributed by atoms with Crippen LogP contribution >= 0.6 is 34.8 Å². The molecule has 0 heterocycles. The summed E-state index contributed by atoms with van der Waals surface area (Å²) >= 11 is 17.9. The summed E-state index contributed by atoms with van der Waals surface area (Å²) in [6, 6.07) is 12.4. The molecule has 0 unspecified atom stereocenters. The molecule has 2 rings (SSSR count). The highest BCUT2D eigenvalue weighted by molar-refractivity contribution is 6.44.